The van der Waals surface area contributed by atoms with Crippen molar-refractivity contribution in [3.8, 4) is 0 Å². The fourth-order valence-corrected chi connectivity index (χ4v) is 3.37. The molecule has 1 aromatic heterocycles. The van der Waals surface area contributed by atoms with Crippen molar-refractivity contribution in [3.63, 3.8) is 0 Å². The predicted octanol–water partition coefficient (Wildman–Crippen LogP) is 4.23. The Balaban J connectivity index is 1.43. The Morgan fingerprint density at radius 1 is 1.04 bits per heavy atom. The number of pyridine rings is 1. The van der Waals surface area contributed by atoms with Gasteiger partial charge in [0, 0.05) is 32.3 Å². The molecule has 4 heteroatoms. The predicted molar refractivity (Wildman–Crippen MR) is 111 cm³/mol. The van der Waals surface area contributed by atoms with E-state index in [9.17, 15) is 4.79 Å². The molecule has 1 aliphatic heterocycles. The summed E-state index contributed by atoms with van der Waals surface area (Å²) in [6.45, 7) is 9.36. The lowest BCUT2D eigenvalue weighted by atomic mass is 9.86. The largest absolute Gasteiger partial charge is 0.357 e. The number of aryl methyl sites for hydroxylation is 1. The molecular weight excluding hydrogens is 334 g/mol. The van der Waals surface area contributed by atoms with Gasteiger partial charge in [-0.15, -0.1) is 0 Å². The molecule has 1 aliphatic rings. The Morgan fingerprint density at radius 2 is 1.70 bits per heavy atom. The number of aromatic nitrogens is 1. The van der Waals surface area contributed by atoms with Crippen molar-refractivity contribution >= 4 is 11.7 Å². The summed E-state index contributed by atoms with van der Waals surface area (Å²) < 4.78 is 0. The Labute approximate surface area is 163 Å². The zero-order chi connectivity index (χ0) is 19.3. The molecule has 2 heterocycles. The third-order valence-electron chi connectivity index (χ3n) is 5.19. The van der Waals surface area contributed by atoms with Crippen LogP contribution in [0.3, 0.4) is 0 Å². The molecule has 0 atom stereocenters. The van der Waals surface area contributed by atoms with E-state index in [1.807, 2.05) is 6.20 Å². The van der Waals surface area contributed by atoms with Crippen LogP contribution < -0.4 is 10.2 Å². The average Bonchev–Trinajstić information content (AvgIpc) is 3.19. The molecule has 0 aliphatic carbocycles. The van der Waals surface area contributed by atoms with Crippen LogP contribution in [0.5, 0.6) is 0 Å². The Bertz CT molecular complexity index is 739. The van der Waals surface area contributed by atoms with Crippen molar-refractivity contribution in [2.75, 3.05) is 18.0 Å². The zero-order valence-electron chi connectivity index (χ0n) is 16.8. The minimum absolute atomic E-state index is 0.0820. The van der Waals surface area contributed by atoms with Gasteiger partial charge in [-0.05, 0) is 47.4 Å². The van der Waals surface area contributed by atoms with Gasteiger partial charge in [-0.25, -0.2) is 4.98 Å². The minimum Gasteiger partial charge on any atom is -0.357 e. The van der Waals surface area contributed by atoms with E-state index in [0.29, 0.717) is 13.0 Å². The number of hydrogen-bond donors (Lipinski definition) is 1. The molecule has 144 valence electrons. The van der Waals surface area contributed by atoms with Gasteiger partial charge in [0.15, 0.2) is 0 Å². The minimum atomic E-state index is 0.0820. The average molecular weight is 366 g/mol. The molecule has 1 amide bonds. The second-order valence-electron chi connectivity index (χ2n) is 8.44. The van der Waals surface area contributed by atoms with Gasteiger partial charge in [-0.1, -0.05) is 51.1 Å². The van der Waals surface area contributed by atoms with Crippen LogP contribution in [-0.2, 0) is 23.2 Å². The number of anilines is 1. The molecule has 1 aromatic carbocycles. The summed E-state index contributed by atoms with van der Waals surface area (Å²) in [6.07, 6.45) is 5.65. The molecule has 1 N–H and O–H groups in total. The third kappa shape index (κ3) is 5.56. The summed E-state index contributed by atoms with van der Waals surface area (Å²) in [7, 11) is 0. The fraction of sp³-hybridized carbons (Fsp3) is 0.478. The van der Waals surface area contributed by atoms with Crippen LogP contribution in [0.4, 0.5) is 5.82 Å². The van der Waals surface area contributed by atoms with Crippen molar-refractivity contribution < 1.29 is 4.79 Å². The smallest absolute Gasteiger partial charge is 0.220 e. The van der Waals surface area contributed by atoms with Crippen LogP contribution in [-0.4, -0.2) is 24.0 Å². The standard InChI is InChI=1S/C23H31N3O/c1-23(2,3)20-10-6-18(7-11-20)9-13-22(27)25-17-19-8-12-21(24-16-19)26-14-4-5-15-26/h6-8,10-12,16H,4-5,9,13-15,17H2,1-3H3,(H,25,27). The van der Waals surface area contributed by atoms with Crippen molar-refractivity contribution in [1.82, 2.24) is 10.3 Å². The quantitative estimate of drug-likeness (QED) is 0.833. The molecular formula is C23H31N3O. The summed E-state index contributed by atoms with van der Waals surface area (Å²) in [5.74, 6) is 1.12. The van der Waals surface area contributed by atoms with E-state index in [4.69, 9.17) is 0 Å². The molecule has 2 aromatic rings. The number of benzene rings is 1. The SMILES string of the molecule is CC(C)(C)c1ccc(CCC(=O)NCc2ccc(N3CCCC3)nc2)cc1. The van der Waals surface area contributed by atoms with Crippen molar-refractivity contribution in [2.45, 2.75) is 58.4 Å². The van der Waals surface area contributed by atoms with Gasteiger partial charge in [0.2, 0.25) is 5.91 Å². The van der Waals surface area contributed by atoms with Crippen molar-refractivity contribution in [1.29, 1.82) is 0 Å². The van der Waals surface area contributed by atoms with E-state index in [-0.39, 0.29) is 11.3 Å². The van der Waals surface area contributed by atoms with Crippen molar-refractivity contribution in [3.05, 3.63) is 59.3 Å². The first-order chi connectivity index (χ1) is 12.9. The highest BCUT2D eigenvalue weighted by atomic mass is 16.1. The second-order valence-corrected chi connectivity index (χ2v) is 8.44. The Kier molecular flexibility index (Phi) is 6.15. The van der Waals surface area contributed by atoms with E-state index >= 15 is 0 Å². The first kappa shape index (κ1) is 19.4. The summed E-state index contributed by atoms with van der Waals surface area (Å²) >= 11 is 0. The van der Waals surface area contributed by atoms with Crippen LogP contribution in [0, 0.1) is 0 Å². The van der Waals surface area contributed by atoms with Crippen molar-refractivity contribution in [2.24, 2.45) is 0 Å². The Hall–Kier alpha value is -2.36. The second kappa shape index (κ2) is 8.55. The van der Waals surface area contributed by atoms with E-state index in [0.717, 1.165) is 30.9 Å². The van der Waals surface area contributed by atoms with Gasteiger partial charge in [0.05, 0.1) is 0 Å². The topological polar surface area (TPSA) is 45.2 Å². The van der Waals surface area contributed by atoms with E-state index in [1.54, 1.807) is 0 Å². The van der Waals surface area contributed by atoms with Gasteiger partial charge >= 0.3 is 0 Å². The zero-order valence-corrected chi connectivity index (χ0v) is 16.8. The lowest BCUT2D eigenvalue weighted by Crippen LogP contribution is -2.23. The highest BCUT2D eigenvalue weighted by Gasteiger charge is 2.14. The molecule has 3 rings (SSSR count). The van der Waals surface area contributed by atoms with Gasteiger partial charge in [0.1, 0.15) is 5.82 Å². The maximum atomic E-state index is 12.2. The first-order valence-electron chi connectivity index (χ1n) is 9.98. The van der Waals surface area contributed by atoms with Crippen LogP contribution in [0.2, 0.25) is 0 Å². The van der Waals surface area contributed by atoms with E-state index in [2.05, 4.69) is 72.4 Å². The van der Waals surface area contributed by atoms with E-state index < -0.39 is 0 Å². The van der Waals surface area contributed by atoms with Crippen LogP contribution in [0.25, 0.3) is 0 Å². The molecule has 0 unspecified atom stereocenters. The number of nitrogens with one attached hydrogen (secondary N) is 1. The van der Waals surface area contributed by atoms with Crippen LogP contribution >= 0.6 is 0 Å². The summed E-state index contributed by atoms with van der Waals surface area (Å²) in [4.78, 5) is 19.0. The molecule has 1 saturated heterocycles. The number of rotatable bonds is 6. The third-order valence-corrected chi connectivity index (χ3v) is 5.19. The molecule has 0 saturated carbocycles. The number of amides is 1. The van der Waals surface area contributed by atoms with Gasteiger partial charge in [-0.3, -0.25) is 4.79 Å². The Morgan fingerprint density at radius 3 is 2.30 bits per heavy atom. The van der Waals surface area contributed by atoms with E-state index in [1.165, 1.54) is 24.0 Å². The summed E-state index contributed by atoms with van der Waals surface area (Å²) in [6, 6.07) is 12.7. The normalized spacial score (nSPS) is 14.4. The van der Waals surface area contributed by atoms with Gasteiger partial charge < -0.3 is 10.2 Å². The highest BCUT2D eigenvalue weighted by Crippen LogP contribution is 2.22. The fourth-order valence-electron chi connectivity index (χ4n) is 3.37. The molecule has 4 nitrogen and oxygen atoms in total. The molecule has 27 heavy (non-hydrogen) atoms. The molecule has 1 fully saturated rings. The molecule has 0 spiro atoms. The number of carbonyl (C=O) groups excluding carboxylic acids is 1. The van der Waals surface area contributed by atoms with Gasteiger partial charge in [0.25, 0.3) is 0 Å². The summed E-state index contributed by atoms with van der Waals surface area (Å²) in [5, 5.41) is 3.00. The van der Waals surface area contributed by atoms with Gasteiger partial charge in [-0.2, -0.15) is 0 Å². The van der Waals surface area contributed by atoms with Crippen LogP contribution in [0.15, 0.2) is 42.6 Å². The highest BCUT2D eigenvalue weighted by molar-refractivity contribution is 5.76. The molecule has 0 radical (unpaired) electrons. The first-order valence-corrected chi connectivity index (χ1v) is 9.98. The van der Waals surface area contributed by atoms with Crippen LogP contribution in [0.1, 0.15) is 56.7 Å². The monoisotopic (exact) mass is 365 g/mol. The lowest BCUT2D eigenvalue weighted by molar-refractivity contribution is -0.121. The maximum absolute atomic E-state index is 12.2. The summed E-state index contributed by atoms with van der Waals surface area (Å²) in [5.41, 5.74) is 3.73. The number of nitrogens with zero attached hydrogens (tertiary/aromatic N) is 2. The molecule has 0 bridgehead atoms. The number of carbonyl (C=O) groups is 1. The lowest BCUT2D eigenvalue weighted by Gasteiger charge is -2.19. The number of hydrogen-bond acceptors (Lipinski definition) is 3. The maximum Gasteiger partial charge on any atom is 0.220 e.